The monoisotopic (exact) mass is 206 g/mol. The molecule has 1 aliphatic rings. The number of aromatic nitrogens is 1. The maximum Gasteiger partial charge on any atom is 0.126 e. The summed E-state index contributed by atoms with van der Waals surface area (Å²) in [6.45, 7) is 2.12. The Morgan fingerprint density at radius 1 is 1.53 bits per heavy atom. The van der Waals surface area contributed by atoms with Gasteiger partial charge in [-0.05, 0) is 42.7 Å². The molecular weight excluding hydrogens is 188 g/mol. The summed E-state index contributed by atoms with van der Waals surface area (Å²) in [6, 6.07) is 3.95. The van der Waals surface area contributed by atoms with Gasteiger partial charge in [-0.25, -0.2) is 4.98 Å². The van der Waals surface area contributed by atoms with E-state index in [-0.39, 0.29) is 6.10 Å². The molecule has 0 bridgehead atoms. The van der Waals surface area contributed by atoms with Crippen LogP contribution in [0.15, 0.2) is 18.3 Å². The van der Waals surface area contributed by atoms with Crippen molar-refractivity contribution >= 4 is 5.82 Å². The van der Waals surface area contributed by atoms with Crippen molar-refractivity contribution in [3.63, 3.8) is 0 Å². The highest BCUT2D eigenvalue weighted by atomic mass is 16.3. The Hall–Kier alpha value is -1.09. The normalized spacial score (nSPS) is 30.7. The van der Waals surface area contributed by atoms with E-state index in [1.807, 2.05) is 12.1 Å². The van der Waals surface area contributed by atoms with Crippen LogP contribution in [-0.4, -0.2) is 16.2 Å². The van der Waals surface area contributed by atoms with Crippen molar-refractivity contribution in [2.75, 3.05) is 5.73 Å². The second-order valence-corrected chi connectivity index (χ2v) is 4.52. The highest BCUT2D eigenvalue weighted by Gasteiger charge is 2.31. The summed E-state index contributed by atoms with van der Waals surface area (Å²) < 4.78 is 0. The number of nitrogens with zero attached hydrogens (tertiary/aromatic N) is 1. The highest BCUT2D eigenvalue weighted by Crippen LogP contribution is 2.34. The van der Waals surface area contributed by atoms with E-state index in [4.69, 9.17) is 5.73 Å². The number of anilines is 1. The Morgan fingerprint density at radius 3 is 2.93 bits per heavy atom. The van der Waals surface area contributed by atoms with Crippen LogP contribution in [-0.2, 0) is 6.42 Å². The lowest BCUT2D eigenvalue weighted by molar-refractivity contribution is 0.127. The first-order chi connectivity index (χ1) is 7.18. The summed E-state index contributed by atoms with van der Waals surface area (Å²) >= 11 is 0. The van der Waals surface area contributed by atoms with Crippen molar-refractivity contribution < 1.29 is 5.11 Å². The molecule has 1 saturated carbocycles. The van der Waals surface area contributed by atoms with Gasteiger partial charge in [-0.2, -0.15) is 0 Å². The van der Waals surface area contributed by atoms with E-state index in [0.29, 0.717) is 17.7 Å². The van der Waals surface area contributed by atoms with Crippen molar-refractivity contribution in [2.45, 2.75) is 32.3 Å². The molecule has 0 aliphatic heterocycles. The molecule has 3 N–H and O–H groups in total. The van der Waals surface area contributed by atoms with Gasteiger partial charge in [0.15, 0.2) is 0 Å². The van der Waals surface area contributed by atoms with Gasteiger partial charge in [0.1, 0.15) is 5.82 Å². The number of nitrogen functional groups attached to an aromatic ring is 1. The Balaban J connectivity index is 2.07. The molecule has 0 aromatic carbocycles. The molecule has 3 atom stereocenters. The van der Waals surface area contributed by atoms with Gasteiger partial charge < -0.3 is 10.8 Å². The maximum atomic E-state index is 9.67. The fourth-order valence-corrected chi connectivity index (χ4v) is 2.42. The standard InChI is InChI=1S/C12H18N2O/c1-8-9(4-5-11(8)15)7-10-3-2-6-14-12(10)13/h2-3,6,8-9,11,15H,4-5,7H2,1H3,(H2,13,14). The SMILES string of the molecule is CC1C(O)CCC1Cc1cccnc1N. The summed E-state index contributed by atoms with van der Waals surface area (Å²) in [5.74, 6) is 1.56. The van der Waals surface area contributed by atoms with E-state index in [0.717, 1.165) is 24.8 Å². The number of hydrogen-bond acceptors (Lipinski definition) is 3. The first-order valence-electron chi connectivity index (χ1n) is 5.56. The van der Waals surface area contributed by atoms with Crippen molar-refractivity contribution in [3.05, 3.63) is 23.9 Å². The van der Waals surface area contributed by atoms with Gasteiger partial charge in [0.05, 0.1) is 6.10 Å². The Morgan fingerprint density at radius 2 is 2.33 bits per heavy atom. The molecule has 3 nitrogen and oxygen atoms in total. The van der Waals surface area contributed by atoms with Crippen LogP contribution in [0.3, 0.4) is 0 Å². The van der Waals surface area contributed by atoms with Gasteiger partial charge in [0.2, 0.25) is 0 Å². The molecule has 0 amide bonds. The van der Waals surface area contributed by atoms with Crippen molar-refractivity contribution in [1.82, 2.24) is 4.98 Å². The average molecular weight is 206 g/mol. The van der Waals surface area contributed by atoms with E-state index in [9.17, 15) is 5.11 Å². The summed E-state index contributed by atoms with van der Waals surface area (Å²) in [6.07, 6.45) is 4.54. The number of aliphatic hydroxyl groups excluding tert-OH is 1. The molecule has 3 unspecified atom stereocenters. The van der Waals surface area contributed by atoms with E-state index >= 15 is 0 Å². The van der Waals surface area contributed by atoms with E-state index in [2.05, 4.69) is 11.9 Å². The van der Waals surface area contributed by atoms with E-state index in [1.165, 1.54) is 0 Å². The third kappa shape index (κ3) is 2.12. The van der Waals surface area contributed by atoms with Crippen LogP contribution in [0.4, 0.5) is 5.82 Å². The Labute approximate surface area is 90.3 Å². The average Bonchev–Trinajstić information content (AvgIpc) is 2.53. The zero-order valence-corrected chi connectivity index (χ0v) is 9.06. The van der Waals surface area contributed by atoms with Crippen LogP contribution < -0.4 is 5.73 Å². The number of rotatable bonds is 2. The lowest BCUT2D eigenvalue weighted by atomic mass is 9.90. The van der Waals surface area contributed by atoms with Crippen LogP contribution in [0.25, 0.3) is 0 Å². The molecule has 0 spiro atoms. The second-order valence-electron chi connectivity index (χ2n) is 4.52. The lowest BCUT2D eigenvalue weighted by Gasteiger charge is -2.17. The third-order valence-electron chi connectivity index (χ3n) is 3.59. The topological polar surface area (TPSA) is 59.1 Å². The predicted molar refractivity (Wildman–Crippen MR) is 60.2 cm³/mol. The van der Waals surface area contributed by atoms with Gasteiger partial charge in [-0.1, -0.05) is 13.0 Å². The zero-order chi connectivity index (χ0) is 10.8. The summed E-state index contributed by atoms with van der Waals surface area (Å²) in [5, 5.41) is 9.67. The molecule has 0 radical (unpaired) electrons. The summed E-state index contributed by atoms with van der Waals surface area (Å²) in [7, 11) is 0. The minimum Gasteiger partial charge on any atom is -0.393 e. The number of hydrogen-bond donors (Lipinski definition) is 2. The Kier molecular flexibility index (Phi) is 2.91. The van der Waals surface area contributed by atoms with Crippen LogP contribution in [0.1, 0.15) is 25.3 Å². The lowest BCUT2D eigenvalue weighted by Crippen LogP contribution is -2.17. The Bertz CT molecular complexity index is 340. The van der Waals surface area contributed by atoms with Crippen LogP contribution in [0, 0.1) is 11.8 Å². The number of nitrogens with two attached hydrogens (primary N) is 1. The maximum absolute atomic E-state index is 9.67. The molecule has 1 fully saturated rings. The molecule has 3 heteroatoms. The molecular formula is C12H18N2O. The second kappa shape index (κ2) is 4.19. The number of pyridine rings is 1. The number of aliphatic hydroxyl groups is 1. The van der Waals surface area contributed by atoms with Gasteiger partial charge >= 0.3 is 0 Å². The zero-order valence-electron chi connectivity index (χ0n) is 9.06. The van der Waals surface area contributed by atoms with E-state index < -0.39 is 0 Å². The van der Waals surface area contributed by atoms with E-state index in [1.54, 1.807) is 6.20 Å². The van der Waals surface area contributed by atoms with Gasteiger partial charge in [-0.3, -0.25) is 0 Å². The molecule has 0 saturated heterocycles. The quantitative estimate of drug-likeness (QED) is 0.773. The summed E-state index contributed by atoms with van der Waals surface area (Å²) in [5.41, 5.74) is 6.92. The smallest absolute Gasteiger partial charge is 0.126 e. The predicted octanol–water partition coefficient (Wildman–Crippen LogP) is 1.61. The third-order valence-corrected chi connectivity index (χ3v) is 3.59. The van der Waals surface area contributed by atoms with Gasteiger partial charge in [0, 0.05) is 6.20 Å². The molecule has 82 valence electrons. The molecule has 1 aromatic heterocycles. The molecule has 1 heterocycles. The first kappa shape index (κ1) is 10.4. The van der Waals surface area contributed by atoms with Gasteiger partial charge in [-0.15, -0.1) is 0 Å². The summed E-state index contributed by atoms with van der Waals surface area (Å²) in [4.78, 5) is 4.08. The first-order valence-corrected chi connectivity index (χ1v) is 5.56. The molecule has 15 heavy (non-hydrogen) atoms. The van der Waals surface area contributed by atoms with Crippen LogP contribution in [0.5, 0.6) is 0 Å². The minimum atomic E-state index is -0.132. The van der Waals surface area contributed by atoms with Crippen LogP contribution >= 0.6 is 0 Å². The van der Waals surface area contributed by atoms with Crippen molar-refractivity contribution in [1.29, 1.82) is 0 Å². The fraction of sp³-hybridized carbons (Fsp3) is 0.583. The van der Waals surface area contributed by atoms with Crippen molar-refractivity contribution in [3.8, 4) is 0 Å². The minimum absolute atomic E-state index is 0.132. The highest BCUT2D eigenvalue weighted by molar-refractivity contribution is 5.38. The van der Waals surface area contributed by atoms with Gasteiger partial charge in [0.25, 0.3) is 0 Å². The molecule has 1 aliphatic carbocycles. The fourth-order valence-electron chi connectivity index (χ4n) is 2.42. The molecule has 2 rings (SSSR count). The van der Waals surface area contributed by atoms with Crippen LogP contribution in [0.2, 0.25) is 0 Å². The largest absolute Gasteiger partial charge is 0.393 e. The molecule has 1 aromatic rings. The van der Waals surface area contributed by atoms with Crippen molar-refractivity contribution in [2.24, 2.45) is 11.8 Å².